The van der Waals surface area contributed by atoms with E-state index < -0.39 is 5.91 Å². The van der Waals surface area contributed by atoms with E-state index in [1.807, 2.05) is 0 Å². The Kier molecular flexibility index (Phi) is 5.46. The zero-order chi connectivity index (χ0) is 19.2. The van der Waals surface area contributed by atoms with Gasteiger partial charge in [-0.3, -0.25) is 4.79 Å². The van der Waals surface area contributed by atoms with Gasteiger partial charge in [0.2, 0.25) is 0 Å². The smallest absolute Gasteiger partial charge is 0.264 e. The molecule has 1 aromatic heterocycles. The summed E-state index contributed by atoms with van der Waals surface area (Å²) in [7, 11) is 2.95. The second kappa shape index (κ2) is 8.13. The molecule has 0 bridgehead atoms. The van der Waals surface area contributed by atoms with Crippen molar-refractivity contribution in [1.29, 1.82) is 0 Å². The van der Waals surface area contributed by atoms with Gasteiger partial charge in [-0.25, -0.2) is 4.39 Å². The normalized spacial score (nSPS) is 10.2. The van der Waals surface area contributed by atoms with Crippen molar-refractivity contribution >= 4 is 23.2 Å². The quantitative estimate of drug-likeness (QED) is 0.691. The second-order valence-corrected chi connectivity index (χ2v) is 5.43. The first-order valence-electron chi connectivity index (χ1n) is 7.99. The van der Waals surface area contributed by atoms with Crippen LogP contribution in [0.2, 0.25) is 0 Å². The molecule has 0 unspecified atom stereocenters. The highest BCUT2D eigenvalue weighted by Gasteiger charge is 2.18. The number of hydrogen-bond acceptors (Lipinski definition) is 6. The van der Waals surface area contributed by atoms with Crippen LogP contribution >= 0.6 is 0 Å². The van der Waals surface area contributed by atoms with E-state index in [1.165, 1.54) is 26.4 Å². The van der Waals surface area contributed by atoms with E-state index in [0.717, 1.165) is 0 Å². The maximum absolute atomic E-state index is 12.9. The molecule has 0 aliphatic heterocycles. The summed E-state index contributed by atoms with van der Waals surface area (Å²) >= 11 is 0. The number of aromatic nitrogens is 2. The fourth-order valence-electron chi connectivity index (χ4n) is 2.40. The second-order valence-electron chi connectivity index (χ2n) is 5.43. The molecule has 1 amide bonds. The third kappa shape index (κ3) is 4.30. The van der Waals surface area contributed by atoms with E-state index in [4.69, 9.17) is 9.47 Å². The average Bonchev–Trinajstić information content (AvgIpc) is 2.70. The Hall–Kier alpha value is -3.68. The summed E-state index contributed by atoms with van der Waals surface area (Å²) in [5.41, 5.74) is 0.930. The molecule has 2 aromatic carbocycles. The first kappa shape index (κ1) is 18.1. The Balaban J connectivity index is 1.73. The Morgan fingerprint density at radius 3 is 2.04 bits per heavy atom. The van der Waals surface area contributed by atoms with E-state index >= 15 is 0 Å². The number of rotatable bonds is 6. The monoisotopic (exact) mass is 368 g/mol. The molecule has 0 radical (unpaired) electrons. The van der Waals surface area contributed by atoms with Crippen molar-refractivity contribution in [3.05, 3.63) is 66.0 Å². The van der Waals surface area contributed by atoms with Gasteiger partial charge in [-0.15, -0.1) is 10.2 Å². The Labute approximate surface area is 155 Å². The van der Waals surface area contributed by atoms with Crippen LogP contribution in [0.4, 0.5) is 21.7 Å². The standard InChI is InChI=1S/C19H17FN4O3/c1-26-14-4-3-5-15(27-2)18(14)19(25)22-17-11-10-16(23-24-17)21-13-8-6-12(20)7-9-13/h3-11H,1-2H3,(H,21,23)(H,22,24,25). The molecule has 3 rings (SSSR count). The predicted molar refractivity (Wildman–Crippen MR) is 99.2 cm³/mol. The molecule has 3 aromatic rings. The van der Waals surface area contributed by atoms with E-state index in [9.17, 15) is 9.18 Å². The molecule has 0 atom stereocenters. The highest BCUT2D eigenvalue weighted by atomic mass is 19.1. The van der Waals surface area contributed by atoms with E-state index in [2.05, 4.69) is 20.8 Å². The molecule has 0 fully saturated rings. The number of anilines is 3. The largest absolute Gasteiger partial charge is 0.496 e. The summed E-state index contributed by atoms with van der Waals surface area (Å²) in [5.74, 6) is 0.727. The molecule has 7 nitrogen and oxygen atoms in total. The number of halogens is 1. The van der Waals surface area contributed by atoms with Gasteiger partial charge in [-0.1, -0.05) is 6.07 Å². The maximum atomic E-state index is 12.9. The summed E-state index contributed by atoms with van der Waals surface area (Å²) in [6.45, 7) is 0. The summed E-state index contributed by atoms with van der Waals surface area (Å²) in [4.78, 5) is 12.6. The van der Waals surface area contributed by atoms with Crippen molar-refractivity contribution in [2.75, 3.05) is 24.9 Å². The maximum Gasteiger partial charge on any atom is 0.264 e. The van der Waals surface area contributed by atoms with Crippen molar-refractivity contribution in [3.63, 3.8) is 0 Å². The lowest BCUT2D eigenvalue weighted by Crippen LogP contribution is -2.15. The lowest BCUT2D eigenvalue weighted by molar-refractivity contribution is 0.102. The first-order chi connectivity index (χ1) is 13.1. The first-order valence-corrected chi connectivity index (χ1v) is 7.99. The van der Waals surface area contributed by atoms with Crippen LogP contribution in [0.15, 0.2) is 54.6 Å². The minimum absolute atomic E-state index is 0.262. The number of benzene rings is 2. The minimum atomic E-state index is -0.433. The number of amides is 1. The lowest BCUT2D eigenvalue weighted by Gasteiger charge is -2.12. The van der Waals surface area contributed by atoms with Gasteiger partial charge in [0.05, 0.1) is 14.2 Å². The van der Waals surface area contributed by atoms with Crippen LogP contribution in [0.1, 0.15) is 10.4 Å². The van der Waals surface area contributed by atoms with Gasteiger partial charge in [0.25, 0.3) is 5.91 Å². The van der Waals surface area contributed by atoms with Crippen LogP contribution in [-0.4, -0.2) is 30.3 Å². The van der Waals surface area contributed by atoms with Gasteiger partial charge >= 0.3 is 0 Å². The average molecular weight is 368 g/mol. The zero-order valence-electron chi connectivity index (χ0n) is 14.7. The Bertz CT molecular complexity index is 908. The number of carbonyl (C=O) groups is 1. The molecule has 0 aliphatic rings. The number of carbonyl (C=O) groups excluding carboxylic acids is 1. The Morgan fingerprint density at radius 1 is 0.889 bits per heavy atom. The van der Waals surface area contributed by atoms with Gasteiger partial charge in [0, 0.05) is 5.69 Å². The predicted octanol–water partition coefficient (Wildman–Crippen LogP) is 3.63. The van der Waals surface area contributed by atoms with Gasteiger partial charge in [0.15, 0.2) is 11.6 Å². The third-order valence-electron chi connectivity index (χ3n) is 3.68. The number of hydrogen-bond donors (Lipinski definition) is 2. The topological polar surface area (TPSA) is 85.4 Å². The van der Waals surface area contributed by atoms with Crippen LogP contribution in [0.25, 0.3) is 0 Å². The lowest BCUT2D eigenvalue weighted by atomic mass is 10.1. The van der Waals surface area contributed by atoms with Crippen LogP contribution in [0, 0.1) is 5.82 Å². The van der Waals surface area contributed by atoms with Crippen molar-refractivity contribution in [2.24, 2.45) is 0 Å². The molecule has 0 spiro atoms. The third-order valence-corrected chi connectivity index (χ3v) is 3.68. The van der Waals surface area contributed by atoms with Gasteiger partial charge in [-0.2, -0.15) is 0 Å². The summed E-state index contributed by atoms with van der Waals surface area (Å²) in [6.07, 6.45) is 0. The molecule has 1 heterocycles. The van der Waals surface area contributed by atoms with Gasteiger partial charge in [0.1, 0.15) is 22.9 Å². The number of methoxy groups -OCH3 is 2. The van der Waals surface area contributed by atoms with Crippen LogP contribution in [0.5, 0.6) is 11.5 Å². The van der Waals surface area contributed by atoms with Crippen molar-refractivity contribution in [2.45, 2.75) is 0 Å². The van der Waals surface area contributed by atoms with E-state index in [0.29, 0.717) is 23.0 Å². The van der Waals surface area contributed by atoms with Crippen molar-refractivity contribution < 1.29 is 18.7 Å². The number of nitrogens with zero attached hydrogens (tertiary/aromatic N) is 2. The summed E-state index contributed by atoms with van der Waals surface area (Å²) in [5, 5.41) is 13.6. The van der Waals surface area contributed by atoms with Gasteiger partial charge in [-0.05, 0) is 48.5 Å². The molecule has 0 saturated carbocycles. The number of ether oxygens (including phenoxy) is 2. The van der Waals surface area contributed by atoms with Crippen LogP contribution in [0.3, 0.4) is 0 Å². The van der Waals surface area contributed by atoms with Gasteiger partial charge < -0.3 is 20.1 Å². The van der Waals surface area contributed by atoms with E-state index in [1.54, 1.807) is 42.5 Å². The molecule has 27 heavy (non-hydrogen) atoms. The summed E-state index contributed by atoms with van der Waals surface area (Å²) < 4.78 is 23.4. The summed E-state index contributed by atoms with van der Waals surface area (Å²) in [6, 6.07) is 14.1. The molecule has 0 saturated heterocycles. The molecule has 138 valence electrons. The number of nitrogens with one attached hydrogen (secondary N) is 2. The zero-order valence-corrected chi connectivity index (χ0v) is 14.7. The highest BCUT2D eigenvalue weighted by Crippen LogP contribution is 2.28. The SMILES string of the molecule is COc1cccc(OC)c1C(=O)Nc1ccc(Nc2ccc(F)cc2)nn1. The van der Waals surface area contributed by atoms with Crippen LogP contribution < -0.4 is 20.1 Å². The minimum Gasteiger partial charge on any atom is -0.496 e. The van der Waals surface area contributed by atoms with E-state index in [-0.39, 0.29) is 17.2 Å². The fourth-order valence-corrected chi connectivity index (χ4v) is 2.40. The fraction of sp³-hybridized carbons (Fsp3) is 0.105. The Morgan fingerprint density at radius 2 is 1.48 bits per heavy atom. The van der Waals surface area contributed by atoms with Crippen molar-refractivity contribution in [1.82, 2.24) is 10.2 Å². The molecular weight excluding hydrogens is 351 g/mol. The van der Waals surface area contributed by atoms with Crippen LogP contribution in [-0.2, 0) is 0 Å². The molecule has 0 aliphatic carbocycles. The molecular formula is C19H17FN4O3. The molecule has 8 heteroatoms. The van der Waals surface area contributed by atoms with Crippen molar-refractivity contribution in [3.8, 4) is 11.5 Å². The molecule has 2 N–H and O–H groups in total. The highest BCUT2D eigenvalue weighted by molar-refractivity contribution is 6.07.